The van der Waals surface area contributed by atoms with Crippen LogP contribution in [0.3, 0.4) is 0 Å². The lowest BCUT2D eigenvalue weighted by molar-refractivity contribution is -0.127. The summed E-state index contributed by atoms with van der Waals surface area (Å²) in [6.07, 6.45) is 0.980. The number of halogens is 1. The molecule has 2 heterocycles. The van der Waals surface area contributed by atoms with E-state index in [4.69, 9.17) is 16.3 Å². The Hall–Kier alpha value is -2.37. The Morgan fingerprint density at radius 2 is 1.85 bits per heavy atom. The van der Waals surface area contributed by atoms with Crippen LogP contribution in [0.15, 0.2) is 48.5 Å². The van der Waals surface area contributed by atoms with Crippen LogP contribution in [0.5, 0.6) is 0 Å². The van der Waals surface area contributed by atoms with E-state index in [9.17, 15) is 9.59 Å². The summed E-state index contributed by atoms with van der Waals surface area (Å²) in [6, 6.07) is 15.3. The first-order chi connectivity index (χ1) is 13.1. The van der Waals surface area contributed by atoms with Crippen LogP contribution in [0.4, 0.5) is 5.69 Å². The molecule has 0 aliphatic carbocycles. The Morgan fingerprint density at radius 3 is 2.63 bits per heavy atom. The summed E-state index contributed by atoms with van der Waals surface area (Å²) in [4.78, 5) is 26.5. The SMILES string of the molecule is O=C(NCC1Cc2ccccc2CO1)C1CC(=O)N(c2ccc(Cl)cc2)C1. The number of ether oxygens (including phenoxy) is 1. The summed E-state index contributed by atoms with van der Waals surface area (Å²) in [5, 5.41) is 3.58. The van der Waals surface area contributed by atoms with E-state index in [2.05, 4.69) is 17.4 Å². The van der Waals surface area contributed by atoms with Gasteiger partial charge in [-0.25, -0.2) is 0 Å². The van der Waals surface area contributed by atoms with E-state index in [0.29, 0.717) is 24.7 Å². The van der Waals surface area contributed by atoms with Gasteiger partial charge in [0.1, 0.15) is 0 Å². The molecule has 1 saturated heterocycles. The summed E-state index contributed by atoms with van der Waals surface area (Å²) >= 11 is 5.90. The molecule has 2 atom stereocenters. The molecule has 27 heavy (non-hydrogen) atoms. The number of nitrogens with zero attached hydrogens (tertiary/aromatic N) is 1. The van der Waals surface area contributed by atoms with Crippen LogP contribution in [0.25, 0.3) is 0 Å². The number of benzene rings is 2. The minimum Gasteiger partial charge on any atom is -0.371 e. The Bertz CT molecular complexity index is 853. The van der Waals surface area contributed by atoms with E-state index in [0.717, 1.165) is 12.1 Å². The van der Waals surface area contributed by atoms with Gasteiger partial charge in [-0.05, 0) is 35.4 Å². The molecule has 0 radical (unpaired) electrons. The van der Waals surface area contributed by atoms with Gasteiger partial charge in [-0.2, -0.15) is 0 Å². The van der Waals surface area contributed by atoms with Gasteiger partial charge in [-0.3, -0.25) is 9.59 Å². The fourth-order valence-electron chi connectivity index (χ4n) is 3.65. The number of amides is 2. The van der Waals surface area contributed by atoms with Crippen molar-refractivity contribution in [1.29, 1.82) is 0 Å². The van der Waals surface area contributed by atoms with E-state index in [1.165, 1.54) is 11.1 Å². The van der Waals surface area contributed by atoms with Crippen molar-refractivity contribution in [2.75, 3.05) is 18.0 Å². The highest BCUT2D eigenvalue weighted by atomic mass is 35.5. The van der Waals surface area contributed by atoms with Crippen molar-refractivity contribution in [2.24, 2.45) is 5.92 Å². The van der Waals surface area contributed by atoms with Gasteiger partial charge in [0.25, 0.3) is 0 Å². The molecule has 5 nitrogen and oxygen atoms in total. The van der Waals surface area contributed by atoms with Gasteiger partial charge in [0.15, 0.2) is 0 Å². The standard InChI is InChI=1S/C21H21ClN2O3/c22-17-5-7-18(8-6-17)24-12-16(10-20(24)25)21(26)23-11-19-9-14-3-1-2-4-15(14)13-27-19/h1-8,16,19H,9-13H2,(H,23,26). The minimum atomic E-state index is -0.343. The molecule has 4 rings (SSSR count). The van der Waals surface area contributed by atoms with Crippen LogP contribution in [-0.2, 0) is 27.4 Å². The van der Waals surface area contributed by atoms with Crippen LogP contribution >= 0.6 is 11.6 Å². The second kappa shape index (κ2) is 7.71. The van der Waals surface area contributed by atoms with E-state index in [1.54, 1.807) is 29.2 Å². The van der Waals surface area contributed by atoms with Crippen LogP contribution < -0.4 is 10.2 Å². The molecule has 2 aromatic rings. The molecule has 140 valence electrons. The quantitative estimate of drug-likeness (QED) is 0.881. The maximum atomic E-state index is 12.5. The molecule has 2 amide bonds. The zero-order valence-electron chi connectivity index (χ0n) is 14.9. The number of hydrogen-bond acceptors (Lipinski definition) is 3. The van der Waals surface area contributed by atoms with Crippen molar-refractivity contribution < 1.29 is 14.3 Å². The third-order valence-corrected chi connectivity index (χ3v) is 5.43. The fourth-order valence-corrected chi connectivity index (χ4v) is 3.78. The average Bonchev–Trinajstić information content (AvgIpc) is 3.08. The summed E-state index contributed by atoms with van der Waals surface area (Å²) in [5.41, 5.74) is 3.25. The Morgan fingerprint density at radius 1 is 1.11 bits per heavy atom. The van der Waals surface area contributed by atoms with Gasteiger partial charge in [-0.1, -0.05) is 35.9 Å². The van der Waals surface area contributed by atoms with Crippen LogP contribution in [-0.4, -0.2) is 31.0 Å². The zero-order valence-corrected chi connectivity index (χ0v) is 15.6. The molecule has 0 aromatic heterocycles. The molecular weight excluding hydrogens is 364 g/mol. The molecule has 2 unspecified atom stereocenters. The molecule has 0 saturated carbocycles. The number of carbonyl (C=O) groups excluding carboxylic acids is 2. The van der Waals surface area contributed by atoms with Gasteiger partial charge in [0.2, 0.25) is 11.8 Å². The maximum absolute atomic E-state index is 12.5. The maximum Gasteiger partial charge on any atom is 0.227 e. The number of rotatable bonds is 4. The lowest BCUT2D eigenvalue weighted by Gasteiger charge is -2.26. The van der Waals surface area contributed by atoms with Crippen molar-refractivity contribution in [3.63, 3.8) is 0 Å². The summed E-state index contributed by atoms with van der Waals surface area (Å²) in [5.74, 6) is -0.480. The first kappa shape index (κ1) is 18.0. The molecule has 2 aliphatic rings. The number of fused-ring (bicyclic) bond motifs is 1. The van der Waals surface area contributed by atoms with E-state index < -0.39 is 0 Å². The number of carbonyl (C=O) groups is 2. The number of anilines is 1. The normalized spacial score (nSPS) is 21.8. The van der Waals surface area contributed by atoms with Crippen LogP contribution in [0, 0.1) is 5.92 Å². The third-order valence-electron chi connectivity index (χ3n) is 5.18. The summed E-state index contributed by atoms with van der Waals surface area (Å²) in [7, 11) is 0. The largest absolute Gasteiger partial charge is 0.371 e. The van der Waals surface area contributed by atoms with Gasteiger partial charge < -0.3 is 15.0 Å². The predicted molar refractivity (Wildman–Crippen MR) is 104 cm³/mol. The number of nitrogens with one attached hydrogen (secondary N) is 1. The molecule has 2 aliphatic heterocycles. The predicted octanol–water partition coefficient (Wildman–Crippen LogP) is 2.95. The Labute approximate surface area is 163 Å². The molecule has 2 aromatic carbocycles. The van der Waals surface area contributed by atoms with Crippen molar-refractivity contribution in [1.82, 2.24) is 5.32 Å². The monoisotopic (exact) mass is 384 g/mol. The number of hydrogen-bond donors (Lipinski definition) is 1. The second-order valence-electron chi connectivity index (χ2n) is 7.03. The Balaban J connectivity index is 1.32. The van der Waals surface area contributed by atoms with Crippen molar-refractivity contribution in [2.45, 2.75) is 25.6 Å². The minimum absolute atomic E-state index is 0.0340. The van der Waals surface area contributed by atoms with Gasteiger partial charge in [0, 0.05) is 36.6 Å². The molecule has 1 fully saturated rings. The van der Waals surface area contributed by atoms with Crippen molar-refractivity contribution >= 4 is 29.1 Å². The second-order valence-corrected chi connectivity index (χ2v) is 7.47. The fraction of sp³-hybridized carbons (Fsp3) is 0.333. The lowest BCUT2D eigenvalue weighted by Crippen LogP contribution is -2.40. The van der Waals surface area contributed by atoms with Crippen LogP contribution in [0.2, 0.25) is 5.02 Å². The average molecular weight is 385 g/mol. The van der Waals surface area contributed by atoms with E-state index >= 15 is 0 Å². The third kappa shape index (κ3) is 3.99. The lowest BCUT2D eigenvalue weighted by atomic mass is 9.99. The molecule has 1 N–H and O–H groups in total. The highest BCUT2D eigenvalue weighted by Crippen LogP contribution is 2.26. The highest BCUT2D eigenvalue weighted by molar-refractivity contribution is 6.30. The first-order valence-electron chi connectivity index (χ1n) is 9.12. The summed E-state index contributed by atoms with van der Waals surface area (Å²) < 4.78 is 5.84. The zero-order chi connectivity index (χ0) is 18.8. The van der Waals surface area contributed by atoms with Gasteiger partial charge in [-0.15, -0.1) is 0 Å². The molecule has 0 bridgehead atoms. The van der Waals surface area contributed by atoms with Crippen LogP contribution in [0.1, 0.15) is 17.5 Å². The first-order valence-corrected chi connectivity index (χ1v) is 9.50. The van der Waals surface area contributed by atoms with Crippen molar-refractivity contribution in [3.8, 4) is 0 Å². The molecule has 0 spiro atoms. The summed E-state index contributed by atoms with van der Waals surface area (Å²) in [6.45, 7) is 1.42. The topological polar surface area (TPSA) is 58.6 Å². The van der Waals surface area contributed by atoms with Crippen molar-refractivity contribution in [3.05, 3.63) is 64.7 Å². The Kier molecular flexibility index (Phi) is 5.14. The van der Waals surface area contributed by atoms with Gasteiger partial charge >= 0.3 is 0 Å². The molecular formula is C21H21ClN2O3. The van der Waals surface area contributed by atoms with E-state index in [1.807, 2.05) is 12.1 Å². The van der Waals surface area contributed by atoms with Gasteiger partial charge in [0.05, 0.1) is 18.6 Å². The molecule has 6 heteroatoms. The smallest absolute Gasteiger partial charge is 0.227 e. The highest BCUT2D eigenvalue weighted by Gasteiger charge is 2.35. The van der Waals surface area contributed by atoms with E-state index in [-0.39, 0.29) is 30.3 Å².